The average molecular weight is 416 g/mol. The van der Waals surface area contributed by atoms with Crippen molar-refractivity contribution in [1.82, 2.24) is 9.78 Å². The van der Waals surface area contributed by atoms with Crippen LogP contribution in [-0.2, 0) is 17.5 Å². The summed E-state index contributed by atoms with van der Waals surface area (Å²) >= 11 is 0. The van der Waals surface area contributed by atoms with Crippen LogP contribution >= 0.6 is 0 Å². The van der Waals surface area contributed by atoms with E-state index in [1.807, 2.05) is 0 Å². The first-order valence-electron chi connectivity index (χ1n) is 8.80. The van der Waals surface area contributed by atoms with E-state index in [0.717, 1.165) is 6.07 Å². The molecule has 0 atom stereocenters. The number of carbonyl (C=O) groups is 1. The molecule has 30 heavy (non-hydrogen) atoms. The molecule has 0 aliphatic carbocycles. The maximum atomic E-state index is 13.9. The molecule has 0 fully saturated rings. The molecule has 3 rings (SSSR count). The Morgan fingerprint density at radius 1 is 1.20 bits per heavy atom. The summed E-state index contributed by atoms with van der Waals surface area (Å²) in [5, 5.41) is 15.4. The Hall–Kier alpha value is -3.67. The molecule has 2 aromatic carbocycles. The molecule has 0 aliphatic rings. The van der Waals surface area contributed by atoms with E-state index in [2.05, 4.69) is 10.4 Å². The molecule has 0 aliphatic heterocycles. The van der Waals surface area contributed by atoms with Crippen LogP contribution in [0.3, 0.4) is 0 Å². The highest BCUT2D eigenvalue weighted by Crippen LogP contribution is 2.33. The molecule has 0 saturated heterocycles. The minimum Gasteiger partial charge on any atom is -0.324 e. The Kier molecular flexibility index (Phi) is 5.60. The maximum absolute atomic E-state index is 13.9. The van der Waals surface area contributed by atoms with E-state index < -0.39 is 23.5 Å². The van der Waals surface area contributed by atoms with Gasteiger partial charge in [-0.2, -0.15) is 23.5 Å². The number of anilines is 1. The van der Waals surface area contributed by atoms with Crippen LogP contribution in [0, 0.1) is 31.0 Å². The number of nitrogens with one attached hydrogen (secondary N) is 1. The Morgan fingerprint density at radius 2 is 1.93 bits per heavy atom. The number of nitrogens with zero attached hydrogens (tertiary/aromatic N) is 3. The van der Waals surface area contributed by atoms with Crippen LogP contribution in [0.25, 0.3) is 11.1 Å². The largest absolute Gasteiger partial charge is 0.416 e. The number of halogens is 4. The fourth-order valence-corrected chi connectivity index (χ4v) is 3.01. The SMILES string of the molecule is Cc1ccc(NC(=O)Cn2cc(-c3ccc(C#N)c(F)c3)c(C)n2)cc1C(F)(F)F. The van der Waals surface area contributed by atoms with Crippen molar-refractivity contribution in [2.75, 3.05) is 5.32 Å². The van der Waals surface area contributed by atoms with Crippen molar-refractivity contribution in [1.29, 1.82) is 5.26 Å². The van der Waals surface area contributed by atoms with Gasteiger partial charge < -0.3 is 5.32 Å². The molecule has 0 spiro atoms. The lowest BCUT2D eigenvalue weighted by Gasteiger charge is -2.12. The molecule has 154 valence electrons. The number of aryl methyl sites for hydroxylation is 2. The second-order valence-electron chi connectivity index (χ2n) is 6.71. The zero-order chi connectivity index (χ0) is 22.1. The van der Waals surface area contributed by atoms with Gasteiger partial charge in [0.15, 0.2) is 0 Å². The van der Waals surface area contributed by atoms with Crippen molar-refractivity contribution < 1.29 is 22.4 Å². The Labute approximate surface area is 169 Å². The fourth-order valence-electron chi connectivity index (χ4n) is 3.01. The van der Waals surface area contributed by atoms with Crippen molar-refractivity contribution in [2.45, 2.75) is 26.6 Å². The van der Waals surface area contributed by atoms with Gasteiger partial charge >= 0.3 is 6.18 Å². The average Bonchev–Trinajstić information content (AvgIpc) is 3.02. The highest BCUT2D eigenvalue weighted by molar-refractivity contribution is 5.90. The molecule has 3 aromatic rings. The van der Waals surface area contributed by atoms with E-state index in [9.17, 15) is 22.4 Å². The normalized spacial score (nSPS) is 11.2. The van der Waals surface area contributed by atoms with Crippen molar-refractivity contribution >= 4 is 11.6 Å². The number of hydrogen-bond donors (Lipinski definition) is 1. The fraction of sp³-hybridized carbons (Fsp3) is 0.190. The number of alkyl halides is 3. The Bertz CT molecular complexity index is 1160. The standard InChI is InChI=1S/C21H16F4N4O/c1-12-3-6-16(8-18(12)21(23,24)25)27-20(30)11-29-10-17(13(2)28-29)14-4-5-15(9-26)19(22)7-14/h3-8,10H,11H2,1-2H3,(H,27,30). The van der Waals surface area contributed by atoms with Crippen LogP contribution in [0.5, 0.6) is 0 Å². The number of hydrogen-bond acceptors (Lipinski definition) is 3. The number of benzene rings is 2. The summed E-state index contributed by atoms with van der Waals surface area (Å²) in [4.78, 5) is 12.3. The summed E-state index contributed by atoms with van der Waals surface area (Å²) in [5.74, 6) is -1.23. The molecule has 0 radical (unpaired) electrons. The Morgan fingerprint density at radius 3 is 2.57 bits per heavy atom. The van der Waals surface area contributed by atoms with E-state index >= 15 is 0 Å². The third-order valence-corrected chi connectivity index (χ3v) is 4.48. The summed E-state index contributed by atoms with van der Waals surface area (Å²) in [6.07, 6.45) is -2.98. The van der Waals surface area contributed by atoms with Gasteiger partial charge in [0.05, 0.1) is 16.8 Å². The Balaban J connectivity index is 1.77. The number of amides is 1. The lowest BCUT2D eigenvalue weighted by atomic mass is 10.0. The molecule has 1 amide bonds. The minimum absolute atomic E-state index is 0.0242. The van der Waals surface area contributed by atoms with Gasteiger partial charge in [0, 0.05) is 17.4 Å². The van der Waals surface area contributed by atoms with Gasteiger partial charge in [0.2, 0.25) is 5.91 Å². The van der Waals surface area contributed by atoms with E-state index in [1.54, 1.807) is 19.1 Å². The van der Waals surface area contributed by atoms with Gasteiger partial charge in [-0.05, 0) is 49.2 Å². The predicted octanol–water partition coefficient (Wildman–Crippen LogP) is 4.84. The van der Waals surface area contributed by atoms with E-state index in [1.165, 1.54) is 42.1 Å². The zero-order valence-corrected chi connectivity index (χ0v) is 16.0. The van der Waals surface area contributed by atoms with Crippen LogP contribution < -0.4 is 5.32 Å². The number of rotatable bonds is 4. The van der Waals surface area contributed by atoms with Crippen molar-refractivity contribution in [3.63, 3.8) is 0 Å². The first-order chi connectivity index (χ1) is 14.1. The zero-order valence-electron chi connectivity index (χ0n) is 16.0. The third kappa shape index (κ3) is 4.49. The molecular weight excluding hydrogens is 400 g/mol. The lowest BCUT2D eigenvalue weighted by molar-refractivity contribution is -0.138. The molecule has 0 bridgehead atoms. The van der Waals surface area contributed by atoms with Crippen molar-refractivity contribution in [3.05, 3.63) is 70.8 Å². The van der Waals surface area contributed by atoms with E-state index in [0.29, 0.717) is 16.8 Å². The van der Waals surface area contributed by atoms with Crippen LogP contribution in [0.4, 0.5) is 23.2 Å². The van der Waals surface area contributed by atoms with Gasteiger partial charge in [-0.25, -0.2) is 4.39 Å². The highest BCUT2D eigenvalue weighted by atomic mass is 19.4. The molecule has 1 N–H and O–H groups in total. The molecule has 1 heterocycles. The molecule has 0 saturated carbocycles. The summed E-state index contributed by atoms with van der Waals surface area (Å²) in [5.41, 5.74) is 0.769. The molecule has 1 aromatic heterocycles. The highest BCUT2D eigenvalue weighted by Gasteiger charge is 2.32. The smallest absolute Gasteiger partial charge is 0.324 e. The first kappa shape index (κ1) is 21.0. The lowest BCUT2D eigenvalue weighted by Crippen LogP contribution is -2.19. The predicted molar refractivity (Wildman–Crippen MR) is 102 cm³/mol. The van der Waals surface area contributed by atoms with E-state index in [-0.39, 0.29) is 23.4 Å². The third-order valence-electron chi connectivity index (χ3n) is 4.48. The second-order valence-corrected chi connectivity index (χ2v) is 6.71. The maximum Gasteiger partial charge on any atom is 0.416 e. The topological polar surface area (TPSA) is 70.7 Å². The summed E-state index contributed by atoms with van der Waals surface area (Å²) < 4.78 is 54.3. The van der Waals surface area contributed by atoms with Gasteiger partial charge in [0.1, 0.15) is 18.4 Å². The summed E-state index contributed by atoms with van der Waals surface area (Å²) in [6.45, 7) is 2.78. The second kappa shape index (κ2) is 7.99. The monoisotopic (exact) mass is 416 g/mol. The van der Waals surface area contributed by atoms with Gasteiger partial charge in [-0.1, -0.05) is 12.1 Å². The molecule has 5 nitrogen and oxygen atoms in total. The van der Waals surface area contributed by atoms with Crippen LogP contribution in [0.2, 0.25) is 0 Å². The number of aromatic nitrogens is 2. The van der Waals surface area contributed by atoms with Crippen LogP contribution in [0.15, 0.2) is 42.6 Å². The molecular formula is C21H16F4N4O. The quantitative estimate of drug-likeness (QED) is 0.619. The van der Waals surface area contributed by atoms with Gasteiger partial charge in [0.25, 0.3) is 0 Å². The van der Waals surface area contributed by atoms with Crippen molar-refractivity contribution in [3.8, 4) is 17.2 Å². The minimum atomic E-state index is -4.52. The first-order valence-corrected chi connectivity index (χ1v) is 8.80. The van der Waals surface area contributed by atoms with Gasteiger partial charge in [-0.15, -0.1) is 0 Å². The number of carbonyl (C=O) groups excluding carboxylic acids is 1. The molecule has 0 unspecified atom stereocenters. The number of nitriles is 1. The van der Waals surface area contributed by atoms with Gasteiger partial charge in [-0.3, -0.25) is 9.48 Å². The van der Waals surface area contributed by atoms with Crippen LogP contribution in [0.1, 0.15) is 22.4 Å². The van der Waals surface area contributed by atoms with E-state index in [4.69, 9.17) is 5.26 Å². The summed E-state index contributed by atoms with van der Waals surface area (Å²) in [6, 6.07) is 9.43. The van der Waals surface area contributed by atoms with Crippen LogP contribution in [-0.4, -0.2) is 15.7 Å². The van der Waals surface area contributed by atoms with Crippen molar-refractivity contribution in [2.24, 2.45) is 0 Å². The molecule has 9 heteroatoms. The summed E-state index contributed by atoms with van der Waals surface area (Å²) in [7, 11) is 0.